The van der Waals surface area contributed by atoms with Gasteiger partial charge in [0.15, 0.2) is 17.5 Å². The number of fused-ring (bicyclic) bond motifs is 1. The minimum atomic E-state index is 0. The van der Waals surface area contributed by atoms with Gasteiger partial charge in [0.2, 0.25) is 6.79 Å². The van der Waals surface area contributed by atoms with Gasteiger partial charge < -0.3 is 20.1 Å². The Morgan fingerprint density at radius 3 is 2.59 bits per heavy atom. The van der Waals surface area contributed by atoms with Crippen molar-refractivity contribution in [2.24, 2.45) is 12.0 Å². The number of ether oxygens (including phenoxy) is 2. The smallest absolute Gasteiger partial charge is 0.231 e. The number of aryl methyl sites for hydroxylation is 2. The standard InChI is InChI=1S/C19H27N5O2.HI/c1-5-15-14(16(6-2)24(4)23-15)11-22-19(20-3)21-10-13-7-8-17-18(9-13)26-12-25-17;/h7-9H,5-6,10-12H2,1-4H3,(H2,20,21,22);1H. The maximum absolute atomic E-state index is 5.43. The molecule has 2 N–H and O–H groups in total. The Hall–Kier alpha value is -1.97. The van der Waals surface area contributed by atoms with Gasteiger partial charge in [0, 0.05) is 38.4 Å². The van der Waals surface area contributed by atoms with E-state index < -0.39 is 0 Å². The van der Waals surface area contributed by atoms with Gasteiger partial charge in [0.05, 0.1) is 5.69 Å². The highest BCUT2D eigenvalue weighted by molar-refractivity contribution is 14.0. The van der Waals surface area contributed by atoms with Gasteiger partial charge in [0.25, 0.3) is 0 Å². The van der Waals surface area contributed by atoms with Crippen LogP contribution in [0.1, 0.15) is 36.4 Å². The van der Waals surface area contributed by atoms with Crippen LogP contribution in [0, 0.1) is 0 Å². The van der Waals surface area contributed by atoms with E-state index in [0.717, 1.165) is 41.6 Å². The highest BCUT2D eigenvalue weighted by Crippen LogP contribution is 2.32. The van der Waals surface area contributed by atoms with Crippen molar-refractivity contribution >= 4 is 29.9 Å². The van der Waals surface area contributed by atoms with E-state index in [2.05, 4.69) is 34.6 Å². The second kappa shape index (κ2) is 9.82. The second-order valence-electron chi connectivity index (χ2n) is 6.17. The molecule has 1 aliphatic rings. The van der Waals surface area contributed by atoms with Crippen molar-refractivity contribution in [2.75, 3.05) is 13.8 Å². The van der Waals surface area contributed by atoms with Crippen molar-refractivity contribution in [1.29, 1.82) is 0 Å². The number of rotatable bonds is 6. The molecule has 2 heterocycles. The summed E-state index contributed by atoms with van der Waals surface area (Å²) in [6.45, 7) is 5.95. The molecule has 7 nitrogen and oxygen atoms in total. The molecule has 0 saturated heterocycles. The summed E-state index contributed by atoms with van der Waals surface area (Å²) in [5.41, 5.74) is 4.79. The molecular weight excluding hydrogens is 457 g/mol. The van der Waals surface area contributed by atoms with Gasteiger partial charge in [-0.1, -0.05) is 19.9 Å². The number of aliphatic imine (C=N–C) groups is 1. The lowest BCUT2D eigenvalue weighted by molar-refractivity contribution is 0.174. The third kappa shape index (κ3) is 4.85. The van der Waals surface area contributed by atoms with Crippen LogP contribution in [-0.2, 0) is 33.0 Å². The normalized spacial score (nSPS) is 12.7. The molecule has 0 fully saturated rings. The summed E-state index contributed by atoms with van der Waals surface area (Å²) in [4.78, 5) is 4.32. The molecule has 3 rings (SSSR count). The SMILES string of the molecule is CCc1nn(C)c(CC)c1CNC(=NC)NCc1ccc2c(c1)OCO2.I. The molecule has 8 heteroatoms. The van der Waals surface area contributed by atoms with E-state index in [1.165, 1.54) is 11.3 Å². The number of aromatic nitrogens is 2. The zero-order valence-corrected chi connectivity index (χ0v) is 18.7. The molecule has 148 valence electrons. The van der Waals surface area contributed by atoms with Gasteiger partial charge in [-0.05, 0) is 30.5 Å². The van der Waals surface area contributed by atoms with Crippen molar-refractivity contribution in [1.82, 2.24) is 20.4 Å². The first-order valence-corrected chi connectivity index (χ1v) is 9.02. The van der Waals surface area contributed by atoms with Crippen LogP contribution in [0.4, 0.5) is 0 Å². The van der Waals surface area contributed by atoms with Gasteiger partial charge in [0.1, 0.15) is 0 Å². The lowest BCUT2D eigenvalue weighted by Gasteiger charge is -2.13. The molecule has 0 unspecified atom stereocenters. The lowest BCUT2D eigenvalue weighted by Crippen LogP contribution is -2.36. The maximum atomic E-state index is 5.43. The average molecular weight is 485 g/mol. The van der Waals surface area contributed by atoms with Crippen molar-refractivity contribution in [3.05, 3.63) is 40.7 Å². The Bertz CT molecular complexity index is 804. The molecule has 0 aliphatic carbocycles. The molecule has 0 atom stereocenters. The van der Waals surface area contributed by atoms with E-state index in [9.17, 15) is 0 Å². The summed E-state index contributed by atoms with van der Waals surface area (Å²) in [5, 5.41) is 11.4. The zero-order chi connectivity index (χ0) is 18.5. The maximum Gasteiger partial charge on any atom is 0.231 e. The van der Waals surface area contributed by atoms with Crippen LogP contribution in [0.25, 0.3) is 0 Å². The average Bonchev–Trinajstić information content (AvgIpc) is 3.24. The van der Waals surface area contributed by atoms with Crippen molar-refractivity contribution in [3.8, 4) is 11.5 Å². The van der Waals surface area contributed by atoms with Crippen molar-refractivity contribution < 1.29 is 9.47 Å². The first-order chi connectivity index (χ1) is 12.7. The summed E-state index contributed by atoms with van der Waals surface area (Å²) in [6.07, 6.45) is 1.89. The van der Waals surface area contributed by atoms with Crippen molar-refractivity contribution in [2.45, 2.75) is 39.8 Å². The second-order valence-corrected chi connectivity index (χ2v) is 6.17. The molecule has 0 radical (unpaired) electrons. The predicted molar refractivity (Wildman–Crippen MR) is 117 cm³/mol. The Labute approximate surface area is 177 Å². The number of nitrogens with zero attached hydrogens (tertiary/aromatic N) is 3. The third-order valence-electron chi connectivity index (χ3n) is 4.58. The highest BCUT2D eigenvalue weighted by Gasteiger charge is 2.15. The van der Waals surface area contributed by atoms with E-state index in [4.69, 9.17) is 9.47 Å². The minimum absolute atomic E-state index is 0. The lowest BCUT2D eigenvalue weighted by atomic mass is 10.1. The summed E-state index contributed by atoms with van der Waals surface area (Å²) < 4.78 is 12.8. The molecule has 0 bridgehead atoms. The zero-order valence-electron chi connectivity index (χ0n) is 16.3. The Morgan fingerprint density at radius 2 is 1.89 bits per heavy atom. The fourth-order valence-corrected chi connectivity index (χ4v) is 3.22. The molecule has 1 aromatic heterocycles. The van der Waals surface area contributed by atoms with E-state index >= 15 is 0 Å². The molecule has 0 saturated carbocycles. The van der Waals surface area contributed by atoms with E-state index in [-0.39, 0.29) is 24.0 Å². The van der Waals surface area contributed by atoms with Crippen molar-refractivity contribution in [3.63, 3.8) is 0 Å². The number of benzene rings is 1. The van der Waals surface area contributed by atoms with Crippen LogP contribution in [0.5, 0.6) is 11.5 Å². The molecule has 0 amide bonds. The summed E-state index contributed by atoms with van der Waals surface area (Å²) in [5.74, 6) is 2.35. The number of guanidine groups is 1. The van der Waals surface area contributed by atoms with Gasteiger partial charge in [-0.3, -0.25) is 9.67 Å². The van der Waals surface area contributed by atoms with Gasteiger partial charge >= 0.3 is 0 Å². The number of hydrogen-bond donors (Lipinski definition) is 2. The molecule has 1 aromatic carbocycles. The Kier molecular flexibility index (Phi) is 7.76. The summed E-state index contributed by atoms with van der Waals surface area (Å²) in [7, 11) is 3.79. The van der Waals surface area contributed by atoms with E-state index in [1.807, 2.05) is 29.9 Å². The molecule has 0 spiro atoms. The highest BCUT2D eigenvalue weighted by atomic mass is 127. The first-order valence-electron chi connectivity index (χ1n) is 9.02. The van der Waals surface area contributed by atoms with Crippen LogP contribution in [0.2, 0.25) is 0 Å². The van der Waals surface area contributed by atoms with Gasteiger partial charge in [-0.25, -0.2) is 0 Å². The Balaban J connectivity index is 0.00000261. The summed E-state index contributed by atoms with van der Waals surface area (Å²) in [6, 6.07) is 5.96. The van der Waals surface area contributed by atoms with Crippen LogP contribution in [-0.4, -0.2) is 29.6 Å². The monoisotopic (exact) mass is 485 g/mol. The Morgan fingerprint density at radius 1 is 1.15 bits per heavy atom. The first kappa shape index (κ1) is 21.3. The summed E-state index contributed by atoms with van der Waals surface area (Å²) >= 11 is 0. The van der Waals surface area contributed by atoms with Gasteiger partial charge in [-0.15, -0.1) is 24.0 Å². The largest absolute Gasteiger partial charge is 0.454 e. The number of nitrogens with one attached hydrogen (secondary N) is 2. The van der Waals surface area contributed by atoms with Gasteiger partial charge in [-0.2, -0.15) is 5.10 Å². The fourth-order valence-electron chi connectivity index (χ4n) is 3.22. The predicted octanol–water partition coefficient (Wildman–Crippen LogP) is 2.76. The minimum Gasteiger partial charge on any atom is -0.454 e. The third-order valence-corrected chi connectivity index (χ3v) is 4.58. The quantitative estimate of drug-likeness (QED) is 0.374. The number of halogens is 1. The molecule has 2 aromatic rings. The van der Waals surface area contributed by atoms with Crippen LogP contribution >= 0.6 is 24.0 Å². The van der Waals surface area contributed by atoms with Crippen LogP contribution in [0.3, 0.4) is 0 Å². The topological polar surface area (TPSA) is 72.7 Å². The van der Waals surface area contributed by atoms with Crippen LogP contribution < -0.4 is 20.1 Å². The molecule has 27 heavy (non-hydrogen) atoms. The van der Waals surface area contributed by atoms with E-state index in [0.29, 0.717) is 19.9 Å². The fraction of sp³-hybridized carbons (Fsp3) is 0.474. The van der Waals surface area contributed by atoms with E-state index in [1.54, 1.807) is 7.05 Å². The molecular formula is C19H28IN5O2. The molecule has 1 aliphatic heterocycles. The van der Waals surface area contributed by atoms with Crippen LogP contribution in [0.15, 0.2) is 23.2 Å². The number of hydrogen-bond acceptors (Lipinski definition) is 4.